The van der Waals surface area contributed by atoms with Crippen molar-refractivity contribution in [3.8, 4) is 9.75 Å². The van der Waals surface area contributed by atoms with Crippen molar-refractivity contribution in [1.82, 2.24) is 0 Å². The molecule has 2 aromatic heterocycles. The third-order valence-corrected chi connectivity index (χ3v) is 4.03. The fraction of sp³-hybridized carbons (Fsp3) is 0. The number of halogens is 1. The summed E-state index contributed by atoms with van der Waals surface area (Å²) in [6, 6.07) is 8.44. The normalized spacial score (nSPS) is 10.3. The molecule has 0 unspecified atom stereocenters. The first-order valence-corrected chi connectivity index (χ1v) is 5.64. The predicted molar refractivity (Wildman–Crippen MR) is 55.3 cm³/mol. The standard InChI is InChI=1S/C8H5BrS2/c9-8-4-3-7(11-8)6-2-1-5-10-6/h1-5H. The maximum atomic E-state index is 3.44. The Kier molecular flexibility index (Phi) is 2.11. The minimum Gasteiger partial charge on any atom is -0.143 e. The second-order valence-electron chi connectivity index (χ2n) is 2.08. The summed E-state index contributed by atoms with van der Waals surface area (Å²) in [6.07, 6.45) is 0. The summed E-state index contributed by atoms with van der Waals surface area (Å²) >= 11 is 6.99. The summed E-state index contributed by atoms with van der Waals surface area (Å²) in [5.74, 6) is 0. The summed E-state index contributed by atoms with van der Waals surface area (Å²) in [5, 5.41) is 2.10. The Hall–Kier alpha value is -0.120. The van der Waals surface area contributed by atoms with Gasteiger partial charge >= 0.3 is 0 Å². The molecule has 0 spiro atoms. The molecular weight excluding hydrogens is 240 g/mol. The molecule has 0 nitrogen and oxygen atoms in total. The van der Waals surface area contributed by atoms with Crippen LogP contribution in [0.5, 0.6) is 0 Å². The van der Waals surface area contributed by atoms with Crippen LogP contribution in [0.3, 0.4) is 0 Å². The molecule has 0 atom stereocenters. The molecule has 0 saturated heterocycles. The molecule has 56 valence electrons. The van der Waals surface area contributed by atoms with E-state index in [1.807, 2.05) is 0 Å². The number of hydrogen-bond donors (Lipinski definition) is 0. The van der Waals surface area contributed by atoms with E-state index in [0.29, 0.717) is 0 Å². The van der Waals surface area contributed by atoms with Crippen LogP contribution in [-0.2, 0) is 0 Å². The van der Waals surface area contributed by atoms with Crippen LogP contribution >= 0.6 is 38.6 Å². The number of rotatable bonds is 1. The Balaban J connectivity index is 2.45. The monoisotopic (exact) mass is 244 g/mol. The summed E-state index contributed by atoms with van der Waals surface area (Å²) in [4.78, 5) is 2.69. The van der Waals surface area contributed by atoms with Crippen molar-refractivity contribution < 1.29 is 0 Å². The van der Waals surface area contributed by atoms with E-state index in [0.717, 1.165) is 0 Å². The lowest BCUT2D eigenvalue weighted by molar-refractivity contribution is 1.92. The van der Waals surface area contributed by atoms with E-state index in [2.05, 4.69) is 45.6 Å². The number of hydrogen-bond acceptors (Lipinski definition) is 2. The lowest BCUT2D eigenvalue weighted by atomic mass is 10.4. The highest BCUT2D eigenvalue weighted by atomic mass is 79.9. The zero-order valence-corrected chi connectivity index (χ0v) is 8.80. The van der Waals surface area contributed by atoms with Gasteiger partial charge in [0.25, 0.3) is 0 Å². The Morgan fingerprint density at radius 1 is 1.09 bits per heavy atom. The van der Waals surface area contributed by atoms with Crippen LogP contribution < -0.4 is 0 Å². The lowest BCUT2D eigenvalue weighted by Gasteiger charge is -1.85. The van der Waals surface area contributed by atoms with E-state index in [-0.39, 0.29) is 0 Å². The van der Waals surface area contributed by atoms with Gasteiger partial charge < -0.3 is 0 Å². The highest BCUT2D eigenvalue weighted by Gasteiger charge is 2.00. The molecule has 0 N–H and O–H groups in total. The van der Waals surface area contributed by atoms with Crippen molar-refractivity contribution in [3.63, 3.8) is 0 Å². The first kappa shape index (κ1) is 7.53. The maximum absolute atomic E-state index is 3.44. The van der Waals surface area contributed by atoms with Crippen LogP contribution in [0.4, 0.5) is 0 Å². The van der Waals surface area contributed by atoms with Gasteiger partial charge in [-0.3, -0.25) is 0 Å². The fourth-order valence-corrected chi connectivity index (χ4v) is 3.09. The molecule has 0 aromatic carbocycles. The van der Waals surface area contributed by atoms with E-state index in [9.17, 15) is 0 Å². The summed E-state index contributed by atoms with van der Waals surface area (Å²) in [7, 11) is 0. The Labute approximate surface area is 81.6 Å². The van der Waals surface area contributed by atoms with E-state index < -0.39 is 0 Å². The maximum Gasteiger partial charge on any atom is 0.0705 e. The van der Waals surface area contributed by atoms with E-state index in [4.69, 9.17) is 0 Å². The topological polar surface area (TPSA) is 0 Å². The zero-order chi connectivity index (χ0) is 7.68. The van der Waals surface area contributed by atoms with Gasteiger partial charge in [0.15, 0.2) is 0 Å². The fourth-order valence-electron chi connectivity index (χ4n) is 0.865. The second kappa shape index (κ2) is 3.09. The first-order valence-electron chi connectivity index (χ1n) is 3.15. The van der Waals surface area contributed by atoms with Gasteiger partial charge in [0.1, 0.15) is 0 Å². The van der Waals surface area contributed by atoms with Crippen molar-refractivity contribution in [3.05, 3.63) is 33.4 Å². The molecule has 0 saturated carbocycles. The van der Waals surface area contributed by atoms with Gasteiger partial charge in [0.2, 0.25) is 0 Å². The third kappa shape index (κ3) is 1.55. The summed E-state index contributed by atoms with van der Waals surface area (Å²) in [6.45, 7) is 0. The van der Waals surface area contributed by atoms with Gasteiger partial charge in [0.05, 0.1) is 3.79 Å². The van der Waals surface area contributed by atoms with Crippen molar-refractivity contribution >= 4 is 38.6 Å². The molecule has 0 aliphatic heterocycles. The first-order chi connectivity index (χ1) is 5.36. The molecule has 0 fully saturated rings. The van der Waals surface area contributed by atoms with Gasteiger partial charge in [-0.2, -0.15) is 0 Å². The van der Waals surface area contributed by atoms with Gasteiger partial charge in [0, 0.05) is 9.75 Å². The average Bonchev–Trinajstić information content (AvgIpc) is 2.55. The van der Waals surface area contributed by atoms with Crippen molar-refractivity contribution in [2.75, 3.05) is 0 Å². The Bertz CT molecular complexity index is 335. The van der Waals surface area contributed by atoms with Crippen LogP contribution in [0.2, 0.25) is 0 Å². The molecule has 2 heterocycles. The number of thiophene rings is 2. The molecular formula is C8H5BrS2. The minimum absolute atomic E-state index is 1.20. The van der Waals surface area contributed by atoms with Gasteiger partial charge in [-0.25, -0.2) is 0 Å². The molecule has 0 bridgehead atoms. The molecule has 0 radical (unpaired) electrons. The molecule has 2 rings (SSSR count). The van der Waals surface area contributed by atoms with Crippen LogP contribution in [0.1, 0.15) is 0 Å². The molecule has 0 amide bonds. The largest absolute Gasteiger partial charge is 0.143 e. The van der Waals surface area contributed by atoms with Crippen molar-refractivity contribution in [2.45, 2.75) is 0 Å². The molecule has 3 heteroatoms. The van der Waals surface area contributed by atoms with E-state index in [1.54, 1.807) is 22.7 Å². The van der Waals surface area contributed by atoms with Crippen LogP contribution in [0, 0.1) is 0 Å². The Morgan fingerprint density at radius 3 is 2.55 bits per heavy atom. The minimum atomic E-state index is 1.20. The van der Waals surface area contributed by atoms with E-state index in [1.165, 1.54) is 13.5 Å². The molecule has 0 aliphatic rings. The van der Waals surface area contributed by atoms with Gasteiger partial charge in [-0.15, -0.1) is 22.7 Å². The van der Waals surface area contributed by atoms with Crippen molar-refractivity contribution in [2.24, 2.45) is 0 Å². The lowest BCUT2D eigenvalue weighted by Crippen LogP contribution is -1.55. The smallest absolute Gasteiger partial charge is 0.0705 e. The quantitative estimate of drug-likeness (QED) is 0.704. The average molecular weight is 245 g/mol. The van der Waals surface area contributed by atoms with Gasteiger partial charge in [-0.05, 0) is 39.5 Å². The van der Waals surface area contributed by atoms with E-state index >= 15 is 0 Å². The Morgan fingerprint density at radius 2 is 2.00 bits per heavy atom. The second-order valence-corrected chi connectivity index (χ2v) is 5.49. The highest BCUT2D eigenvalue weighted by molar-refractivity contribution is 9.11. The summed E-state index contributed by atoms with van der Waals surface area (Å²) < 4.78 is 1.20. The summed E-state index contributed by atoms with van der Waals surface area (Å²) in [5.41, 5.74) is 0. The third-order valence-electron chi connectivity index (χ3n) is 1.34. The predicted octanol–water partition coefficient (Wildman–Crippen LogP) is 4.24. The SMILES string of the molecule is Brc1ccc(-c2cccs2)s1. The zero-order valence-electron chi connectivity index (χ0n) is 5.58. The van der Waals surface area contributed by atoms with Crippen LogP contribution in [0.15, 0.2) is 33.4 Å². The van der Waals surface area contributed by atoms with Crippen molar-refractivity contribution in [1.29, 1.82) is 0 Å². The van der Waals surface area contributed by atoms with Crippen LogP contribution in [0.25, 0.3) is 9.75 Å². The molecule has 2 aromatic rings. The molecule has 11 heavy (non-hydrogen) atoms. The van der Waals surface area contributed by atoms with Gasteiger partial charge in [-0.1, -0.05) is 6.07 Å². The highest BCUT2D eigenvalue weighted by Crippen LogP contribution is 2.33. The molecule has 0 aliphatic carbocycles. The van der Waals surface area contributed by atoms with Crippen LogP contribution in [-0.4, -0.2) is 0 Å².